The van der Waals surface area contributed by atoms with Crippen molar-refractivity contribution in [3.8, 4) is 0 Å². The van der Waals surface area contributed by atoms with Gasteiger partial charge in [0, 0.05) is 58.4 Å². The van der Waals surface area contributed by atoms with Crippen LogP contribution in [0.2, 0.25) is 0 Å². The highest BCUT2D eigenvalue weighted by molar-refractivity contribution is 5.98. The summed E-state index contributed by atoms with van der Waals surface area (Å²) >= 11 is 0. The number of halogens is 2. The monoisotopic (exact) mass is 533 g/mol. The number of nitrogens with zero attached hydrogens (tertiary/aromatic N) is 5. The normalized spacial score (nSPS) is 14.3. The van der Waals surface area contributed by atoms with Crippen LogP contribution in [-0.2, 0) is 7.05 Å². The van der Waals surface area contributed by atoms with E-state index in [0.717, 1.165) is 16.8 Å². The molecule has 1 aliphatic heterocycles. The molecule has 0 radical (unpaired) electrons. The topological polar surface area (TPSA) is 74.9 Å². The molecule has 0 amide bonds. The van der Waals surface area contributed by atoms with Crippen molar-refractivity contribution in [1.82, 2.24) is 9.47 Å². The van der Waals surface area contributed by atoms with Gasteiger partial charge in [0.15, 0.2) is 0 Å². The van der Waals surface area contributed by atoms with E-state index in [2.05, 4.69) is 4.90 Å². The highest BCUT2D eigenvalue weighted by Crippen LogP contribution is 2.37. The van der Waals surface area contributed by atoms with Crippen LogP contribution in [0.5, 0.6) is 0 Å². The van der Waals surface area contributed by atoms with Crippen LogP contribution in [0.25, 0.3) is 10.9 Å². The van der Waals surface area contributed by atoms with Crippen molar-refractivity contribution in [3.63, 3.8) is 0 Å². The molecule has 0 bridgehead atoms. The highest BCUT2D eigenvalue weighted by Gasteiger charge is 2.33. The number of nitro groups is 1. The van der Waals surface area contributed by atoms with Gasteiger partial charge in [-0.25, -0.2) is 8.78 Å². The van der Waals surface area contributed by atoms with Crippen LogP contribution >= 0.6 is 0 Å². The largest absolute Gasteiger partial charge is 0.378 e. The van der Waals surface area contributed by atoms with Gasteiger partial charge in [0.1, 0.15) is 17.3 Å². The average molecular weight is 534 g/mol. The fraction of sp³-hybridized carbons (Fsp3) is 0.276. The highest BCUT2D eigenvalue weighted by atomic mass is 19.1. The summed E-state index contributed by atoms with van der Waals surface area (Å²) in [6, 6.07) is 17.8. The van der Waals surface area contributed by atoms with Gasteiger partial charge in [-0.2, -0.15) is 0 Å². The van der Waals surface area contributed by atoms with E-state index in [1.54, 1.807) is 31.3 Å². The lowest BCUT2D eigenvalue weighted by atomic mass is 9.96. The van der Waals surface area contributed by atoms with E-state index in [4.69, 9.17) is 0 Å². The van der Waals surface area contributed by atoms with E-state index in [0.29, 0.717) is 42.8 Å². The Kier molecular flexibility index (Phi) is 7.05. The zero-order chi connectivity index (χ0) is 27.8. The number of benzene rings is 3. The van der Waals surface area contributed by atoms with Gasteiger partial charge in [0.25, 0.3) is 0 Å². The van der Waals surface area contributed by atoms with Crippen LogP contribution in [0, 0.1) is 21.7 Å². The van der Waals surface area contributed by atoms with Crippen molar-refractivity contribution in [3.05, 3.63) is 110 Å². The Morgan fingerprint density at radius 2 is 1.41 bits per heavy atom. The fourth-order valence-corrected chi connectivity index (χ4v) is 5.37. The van der Waals surface area contributed by atoms with Gasteiger partial charge < -0.3 is 14.4 Å². The Morgan fingerprint density at radius 1 is 0.872 bits per heavy atom. The summed E-state index contributed by atoms with van der Waals surface area (Å²) in [5, 5.41) is 12.8. The number of fused-ring (bicyclic) bond motifs is 1. The number of anilines is 2. The maximum atomic E-state index is 13.7. The van der Waals surface area contributed by atoms with Gasteiger partial charge in [0.2, 0.25) is 0 Å². The van der Waals surface area contributed by atoms with Crippen molar-refractivity contribution in [2.75, 3.05) is 50.1 Å². The molecule has 8 nitrogen and oxygen atoms in total. The summed E-state index contributed by atoms with van der Waals surface area (Å²) in [6.45, 7) is 1.88. The Bertz CT molecular complexity index is 1530. The number of hydrogen-bond donors (Lipinski definition) is 0. The Hall–Kier alpha value is -4.31. The molecule has 39 heavy (non-hydrogen) atoms. The molecule has 0 saturated carbocycles. The first kappa shape index (κ1) is 26.3. The molecule has 0 unspecified atom stereocenters. The van der Waals surface area contributed by atoms with Crippen molar-refractivity contribution in [2.45, 2.75) is 6.04 Å². The van der Waals surface area contributed by atoms with Gasteiger partial charge in [0.05, 0.1) is 16.5 Å². The van der Waals surface area contributed by atoms with Crippen LogP contribution in [0.3, 0.4) is 0 Å². The lowest BCUT2D eigenvalue weighted by molar-refractivity contribution is -0.385. The minimum Gasteiger partial charge on any atom is -0.378 e. The SMILES string of the molecule is CN(C)c1ccc2c(c1)c(N1CCN(C(c3ccc(F)cc3)c3ccc(F)cc3)CC1)c([N+](=O)[O-])c(=O)n2C. The number of rotatable bonds is 6. The molecule has 202 valence electrons. The summed E-state index contributed by atoms with van der Waals surface area (Å²) in [4.78, 5) is 30.7. The summed E-state index contributed by atoms with van der Waals surface area (Å²) in [5.41, 5.74) is 2.42. The Balaban J connectivity index is 1.54. The summed E-state index contributed by atoms with van der Waals surface area (Å²) in [5.74, 6) is -0.688. The van der Waals surface area contributed by atoms with Gasteiger partial charge >= 0.3 is 11.2 Å². The van der Waals surface area contributed by atoms with Crippen LogP contribution in [0.1, 0.15) is 17.2 Å². The third-order valence-electron chi connectivity index (χ3n) is 7.39. The van der Waals surface area contributed by atoms with E-state index in [9.17, 15) is 23.7 Å². The molecule has 2 heterocycles. The zero-order valence-corrected chi connectivity index (χ0v) is 22.0. The van der Waals surface area contributed by atoms with E-state index >= 15 is 0 Å². The second-order valence-electron chi connectivity index (χ2n) is 9.94. The first-order chi connectivity index (χ1) is 18.7. The Labute approximate surface area is 224 Å². The minimum atomic E-state index is -0.655. The van der Waals surface area contributed by atoms with Crippen molar-refractivity contribution < 1.29 is 13.7 Å². The van der Waals surface area contributed by atoms with Gasteiger partial charge in [-0.1, -0.05) is 24.3 Å². The summed E-state index contributed by atoms with van der Waals surface area (Å²) < 4.78 is 28.7. The molecule has 4 aromatic rings. The molecule has 0 spiro atoms. The number of piperazine rings is 1. The Morgan fingerprint density at radius 3 is 1.90 bits per heavy atom. The standard InChI is InChI=1S/C29H29F2N5O3/c1-32(2)23-12-13-25-24(18-23)27(28(36(38)39)29(37)33(25)3)35-16-14-34(15-17-35)26(19-4-8-21(30)9-5-19)20-6-10-22(31)11-7-20/h4-13,18,26H,14-17H2,1-3H3. The van der Waals surface area contributed by atoms with Crippen LogP contribution in [0.4, 0.5) is 25.8 Å². The molecule has 1 aromatic heterocycles. The maximum Gasteiger partial charge on any atom is 0.357 e. The molecule has 0 N–H and O–H groups in total. The zero-order valence-electron chi connectivity index (χ0n) is 22.0. The van der Waals surface area contributed by atoms with Gasteiger partial charge in [-0.05, 0) is 53.6 Å². The van der Waals surface area contributed by atoms with Crippen LogP contribution in [0.15, 0.2) is 71.5 Å². The van der Waals surface area contributed by atoms with E-state index < -0.39 is 16.2 Å². The number of hydrogen-bond acceptors (Lipinski definition) is 6. The molecular weight excluding hydrogens is 504 g/mol. The predicted molar refractivity (Wildman–Crippen MR) is 149 cm³/mol. The molecule has 0 atom stereocenters. The van der Waals surface area contributed by atoms with Gasteiger partial charge in [-0.3, -0.25) is 19.8 Å². The molecule has 1 saturated heterocycles. The van der Waals surface area contributed by atoms with E-state index in [1.165, 1.54) is 28.8 Å². The average Bonchev–Trinajstić information content (AvgIpc) is 2.92. The first-order valence-corrected chi connectivity index (χ1v) is 12.6. The maximum absolute atomic E-state index is 13.7. The first-order valence-electron chi connectivity index (χ1n) is 12.6. The smallest absolute Gasteiger partial charge is 0.357 e. The van der Waals surface area contributed by atoms with Crippen molar-refractivity contribution in [2.24, 2.45) is 7.05 Å². The van der Waals surface area contributed by atoms with E-state index in [1.807, 2.05) is 42.1 Å². The molecule has 1 aliphatic rings. The summed E-state index contributed by atoms with van der Waals surface area (Å²) in [7, 11) is 5.33. The van der Waals surface area contributed by atoms with E-state index in [-0.39, 0.29) is 17.7 Å². The van der Waals surface area contributed by atoms with Crippen molar-refractivity contribution >= 4 is 28.0 Å². The lowest BCUT2D eigenvalue weighted by Gasteiger charge is -2.40. The molecule has 3 aromatic carbocycles. The molecule has 5 rings (SSSR count). The molecule has 1 fully saturated rings. The lowest BCUT2D eigenvalue weighted by Crippen LogP contribution is -2.48. The van der Waals surface area contributed by atoms with Gasteiger partial charge in [-0.15, -0.1) is 0 Å². The van der Waals surface area contributed by atoms with Crippen LogP contribution < -0.4 is 15.4 Å². The quantitative estimate of drug-likeness (QED) is 0.264. The number of aryl methyl sites for hydroxylation is 1. The molecule has 0 aliphatic carbocycles. The second-order valence-corrected chi connectivity index (χ2v) is 9.94. The predicted octanol–water partition coefficient (Wildman–Crippen LogP) is 4.70. The third kappa shape index (κ3) is 4.95. The third-order valence-corrected chi connectivity index (χ3v) is 7.39. The number of pyridine rings is 1. The second kappa shape index (κ2) is 10.5. The fourth-order valence-electron chi connectivity index (χ4n) is 5.37. The molecule has 10 heteroatoms. The number of aromatic nitrogens is 1. The van der Waals surface area contributed by atoms with Crippen molar-refractivity contribution in [1.29, 1.82) is 0 Å². The minimum absolute atomic E-state index is 0.260. The molecular formula is C29H29F2N5O3. The van der Waals surface area contributed by atoms with Crippen LogP contribution in [-0.4, -0.2) is 54.7 Å². The summed E-state index contributed by atoms with van der Waals surface area (Å²) in [6.07, 6.45) is 0.